The zero-order valence-electron chi connectivity index (χ0n) is 13.7. The highest BCUT2D eigenvalue weighted by atomic mass is 35.5. The molecule has 1 amide bonds. The van der Waals surface area contributed by atoms with E-state index < -0.39 is 0 Å². The predicted octanol–water partition coefficient (Wildman–Crippen LogP) is 3.84. The van der Waals surface area contributed by atoms with Crippen molar-refractivity contribution in [2.24, 2.45) is 0 Å². The van der Waals surface area contributed by atoms with E-state index in [1.165, 1.54) is 0 Å². The minimum atomic E-state index is -0.163. The van der Waals surface area contributed by atoms with Gasteiger partial charge in [-0.2, -0.15) is 0 Å². The molecule has 1 heterocycles. The molecule has 2 aromatic rings. The molecule has 0 bridgehead atoms. The summed E-state index contributed by atoms with van der Waals surface area (Å²) in [4.78, 5) is 14.1. The second-order valence-electron chi connectivity index (χ2n) is 5.82. The number of amides is 1. The van der Waals surface area contributed by atoms with Crippen LogP contribution in [0.25, 0.3) is 0 Å². The number of fused-ring (bicyclic) bond motifs is 1. The first-order chi connectivity index (χ1) is 12.0. The number of carbonyl (C=O) groups is 1. The maximum atomic E-state index is 12.2. The van der Waals surface area contributed by atoms with Crippen LogP contribution in [0.5, 0.6) is 11.5 Å². The first-order valence-electron chi connectivity index (χ1n) is 7.83. The topological polar surface area (TPSA) is 50.8 Å². The Labute approximate surface area is 156 Å². The Bertz CT molecular complexity index is 783. The van der Waals surface area contributed by atoms with Crippen molar-refractivity contribution in [3.8, 4) is 11.5 Å². The van der Waals surface area contributed by atoms with Gasteiger partial charge in [-0.15, -0.1) is 0 Å². The number of hydrogen-bond acceptors (Lipinski definition) is 4. The first-order valence-corrected chi connectivity index (χ1v) is 8.59. The molecule has 5 nitrogen and oxygen atoms in total. The average Bonchev–Trinajstić information content (AvgIpc) is 2.58. The van der Waals surface area contributed by atoms with Crippen molar-refractivity contribution < 1.29 is 14.3 Å². The fourth-order valence-corrected chi connectivity index (χ4v) is 2.92. The summed E-state index contributed by atoms with van der Waals surface area (Å²) < 4.78 is 11.1. The molecule has 0 saturated carbocycles. The molecular weight excluding hydrogens is 363 g/mol. The smallest absolute Gasteiger partial charge is 0.238 e. The molecule has 1 aliphatic rings. The number of rotatable bonds is 5. The van der Waals surface area contributed by atoms with Crippen LogP contribution in [0.2, 0.25) is 10.0 Å². The lowest BCUT2D eigenvalue weighted by Gasteiger charge is -2.21. The van der Waals surface area contributed by atoms with Crippen LogP contribution in [0.4, 0.5) is 5.69 Å². The Morgan fingerprint density at radius 2 is 1.88 bits per heavy atom. The maximum absolute atomic E-state index is 12.2. The molecule has 25 heavy (non-hydrogen) atoms. The van der Waals surface area contributed by atoms with Crippen LogP contribution >= 0.6 is 23.2 Å². The fourth-order valence-electron chi connectivity index (χ4n) is 2.58. The second-order valence-corrected chi connectivity index (χ2v) is 6.67. The summed E-state index contributed by atoms with van der Waals surface area (Å²) in [6.45, 7) is 1.94. The van der Waals surface area contributed by atoms with Crippen molar-refractivity contribution in [3.05, 3.63) is 52.0 Å². The van der Waals surface area contributed by atoms with Crippen molar-refractivity contribution >= 4 is 34.8 Å². The van der Waals surface area contributed by atoms with E-state index in [0.29, 0.717) is 35.5 Å². The first kappa shape index (κ1) is 17.9. The number of halogens is 2. The van der Waals surface area contributed by atoms with E-state index in [1.54, 1.807) is 18.2 Å². The minimum absolute atomic E-state index is 0.163. The van der Waals surface area contributed by atoms with Crippen LogP contribution in [0.15, 0.2) is 36.4 Å². The van der Waals surface area contributed by atoms with Gasteiger partial charge in [0.2, 0.25) is 5.91 Å². The van der Waals surface area contributed by atoms with Crippen LogP contribution in [0.1, 0.15) is 5.56 Å². The van der Waals surface area contributed by atoms with Gasteiger partial charge in [0.1, 0.15) is 13.2 Å². The van der Waals surface area contributed by atoms with E-state index in [1.807, 2.05) is 30.1 Å². The summed E-state index contributed by atoms with van der Waals surface area (Å²) >= 11 is 12.0. The number of hydrogen-bond donors (Lipinski definition) is 1. The minimum Gasteiger partial charge on any atom is -0.486 e. The summed E-state index contributed by atoms with van der Waals surface area (Å²) in [6, 6.07) is 10.8. The SMILES string of the molecule is CN(CC(=O)Nc1cc(Cl)ccc1Cl)Cc1ccc2c(c1)OCCO2. The van der Waals surface area contributed by atoms with Crippen LogP contribution in [0, 0.1) is 0 Å². The molecule has 3 rings (SSSR count). The molecule has 0 atom stereocenters. The van der Waals surface area contributed by atoms with E-state index in [2.05, 4.69) is 5.32 Å². The molecule has 0 radical (unpaired) electrons. The predicted molar refractivity (Wildman–Crippen MR) is 98.9 cm³/mol. The third kappa shape index (κ3) is 4.78. The van der Waals surface area contributed by atoms with E-state index in [4.69, 9.17) is 32.7 Å². The van der Waals surface area contributed by atoms with E-state index in [0.717, 1.165) is 17.1 Å². The Morgan fingerprint density at radius 1 is 1.12 bits per heavy atom. The third-order valence-corrected chi connectivity index (χ3v) is 4.24. The van der Waals surface area contributed by atoms with Crippen molar-refractivity contribution in [1.82, 2.24) is 4.90 Å². The highest BCUT2D eigenvalue weighted by Gasteiger charge is 2.14. The molecule has 0 fully saturated rings. The van der Waals surface area contributed by atoms with E-state index in [-0.39, 0.29) is 12.5 Å². The van der Waals surface area contributed by atoms with E-state index >= 15 is 0 Å². The summed E-state index contributed by atoms with van der Waals surface area (Å²) in [5.74, 6) is 1.34. The number of likely N-dealkylation sites (N-methyl/N-ethyl adjacent to an activating group) is 1. The molecule has 1 N–H and O–H groups in total. The molecular formula is C18H18Cl2N2O3. The lowest BCUT2D eigenvalue weighted by Crippen LogP contribution is -2.30. The normalized spacial score (nSPS) is 13.0. The summed E-state index contributed by atoms with van der Waals surface area (Å²) in [5, 5.41) is 3.75. The van der Waals surface area contributed by atoms with Crippen LogP contribution < -0.4 is 14.8 Å². The van der Waals surface area contributed by atoms with Gasteiger partial charge in [-0.25, -0.2) is 0 Å². The van der Waals surface area contributed by atoms with Crippen molar-refractivity contribution in [2.75, 3.05) is 32.1 Å². The molecule has 0 aliphatic carbocycles. The van der Waals surface area contributed by atoms with Gasteiger partial charge in [0.25, 0.3) is 0 Å². The van der Waals surface area contributed by atoms with Gasteiger partial charge in [0, 0.05) is 11.6 Å². The van der Waals surface area contributed by atoms with Gasteiger partial charge in [0.05, 0.1) is 17.3 Å². The molecule has 0 spiro atoms. The zero-order chi connectivity index (χ0) is 17.8. The van der Waals surface area contributed by atoms with Gasteiger partial charge in [-0.3, -0.25) is 9.69 Å². The summed E-state index contributed by atoms with van der Waals surface area (Å²) in [5.41, 5.74) is 1.55. The number of benzene rings is 2. The zero-order valence-corrected chi connectivity index (χ0v) is 15.2. The summed E-state index contributed by atoms with van der Waals surface area (Å²) in [6.07, 6.45) is 0. The van der Waals surface area contributed by atoms with Gasteiger partial charge < -0.3 is 14.8 Å². The Kier molecular flexibility index (Phi) is 5.68. The van der Waals surface area contributed by atoms with Crippen molar-refractivity contribution in [2.45, 2.75) is 6.54 Å². The van der Waals surface area contributed by atoms with Crippen LogP contribution in [-0.4, -0.2) is 37.6 Å². The number of carbonyl (C=O) groups excluding carboxylic acids is 1. The number of nitrogens with one attached hydrogen (secondary N) is 1. The molecule has 2 aromatic carbocycles. The summed E-state index contributed by atoms with van der Waals surface area (Å²) in [7, 11) is 1.87. The highest BCUT2D eigenvalue weighted by molar-refractivity contribution is 6.35. The second kappa shape index (κ2) is 7.95. The molecule has 0 unspecified atom stereocenters. The molecule has 0 aromatic heterocycles. The molecule has 1 aliphatic heterocycles. The van der Waals surface area contributed by atoms with Gasteiger partial charge in [-0.05, 0) is 42.9 Å². The Balaban J connectivity index is 1.57. The number of ether oxygens (including phenoxy) is 2. The quantitative estimate of drug-likeness (QED) is 0.855. The molecule has 7 heteroatoms. The lowest BCUT2D eigenvalue weighted by atomic mass is 10.2. The average molecular weight is 381 g/mol. The van der Waals surface area contributed by atoms with Gasteiger partial charge >= 0.3 is 0 Å². The maximum Gasteiger partial charge on any atom is 0.238 e. The van der Waals surface area contributed by atoms with Crippen LogP contribution in [0.3, 0.4) is 0 Å². The Morgan fingerprint density at radius 3 is 2.68 bits per heavy atom. The van der Waals surface area contributed by atoms with Crippen molar-refractivity contribution in [1.29, 1.82) is 0 Å². The number of nitrogens with zero attached hydrogens (tertiary/aromatic N) is 1. The monoisotopic (exact) mass is 380 g/mol. The van der Waals surface area contributed by atoms with Gasteiger partial charge in [0.15, 0.2) is 11.5 Å². The van der Waals surface area contributed by atoms with E-state index in [9.17, 15) is 4.79 Å². The van der Waals surface area contributed by atoms with Crippen molar-refractivity contribution in [3.63, 3.8) is 0 Å². The van der Waals surface area contributed by atoms with Gasteiger partial charge in [-0.1, -0.05) is 29.3 Å². The van der Waals surface area contributed by atoms with Crippen LogP contribution in [-0.2, 0) is 11.3 Å². The number of anilines is 1. The lowest BCUT2D eigenvalue weighted by molar-refractivity contribution is -0.117. The standard InChI is InChI=1S/C18H18Cl2N2O3/c1-22(10-12-2-5-16-17(8-12)25-7-6-24-16)11-18(23)21-15-9-13(19)3-4-14(15)20/h2-5,8-9H,6-7,10-11H2,1H3,(H,21,23). The largest absolute Gasteiger partial charge is 0.486 e. The Hall–Kier alpha value is -1.95. The molecule has 0 saturated heterocycles. The third-order valence-electron chi connectivity index (χ3n) is 3.68. The molecule has 132 valence electrons. The fraction of sp³-hybridized carbons (Fsp3) is 0.278. The highest BCUT2D eigenvalue weighted by Crippen LogP contribution is 2.31.